The van der Waals surface area contributed by atoms with Gasteiger partial charge in [0.05, 0.1) is 0 Å². The van der Waals surface area contributed by atoms with Crippen molar-refractivity contribution in [1.82, 2.24) is 10.6 Å². The lowest BCUT2D eigenvalue weighted by Gasteiger charge is -2.26. The number of rotatable bonds is 3. The van der Waals surface area contributed by atoms with Crippen molar-refractivity contribution < 1.29 is 33.0 Å². The molecular weight excluding hydrogens is 341 g/mol. The molecule has 0 radical (unpaired) electrons. The van der Waals surface area contributed by atoms with E-state index in [4.69, 9.17) is 9.90 Å². The second kappa shape index (κ2) is 7.40. The molecule has 0 bridgehead atoms. The van der Waals surface area contributed by atoms with Gasteiger partial charge in [-0.05, 0) is 30.4 Å². The maximum atomic E-state index is 11.6. The molecule has 0 spiro atoms. The van der Waals surface area contributed by atoms with Gasteiger partial charge in [0.25, 0.3) is 5.91 Å². The van der Waals surface area contributed by atoms with E-state index in [1.54, 1.807) is 0 Å². The van der Waals surface area contributed by atoms with E-state index in [1.165, 1.54) is 11.1 Å². The molecule has 4 N–H and O–H groups in total. The second-order valence-electron chi connectivity index (χ2n) is 6.10. The Labute approximate surface area is 142 Å². The van der Waals surface area contributed by atoms with Crippen LogP contribution in [0.3, 0.4) is 0 Å². The lowest BCUT2D eigenvalue weighted by Crippen LogP contribution is -2.47. The molecule has 1 saturated carbocycles. The standard InChI is InChI=1S/C14H18N2O2.C2HF3O2/c17-13(14(18)5-6-14)16-9-12-7-10-3-1-2-4-11(10)8-15-12;3-2(4,5)1(6)7/h1-4,12,15,18H,5-9H2,(H,16,17);(H,6,7)/t12-;/m0./s1. The van der Waals surface area contributed by atoms with Gasteiger partial charge in [0.15, 0.2) is 0 Å². The monoisotopic (exact) mass is 360 g/mol. The zero-order chi connectivity index (χ0) is 18.7. The van der Waals surface area contributed by atoms with Crippen molar-refractivity contribution in [2.24, 2.45) is 0 Å². The molecule has 2 aliphatic rings. The van der Waals surface area contributed by atoms with Crippen LogP contribution in [-0.4, -0.2) is 46.5 Å². The molecule has 6 nitrogen and oxygen atoms in total. The fraction of sp³-hybridized carbons (Fsp3) is 0.500. The zero-order valence-electron chi connectivity index (χ0n) is 13.3. The summed E-state index contributed by atoms with van der Waals surface area (Å²) in [6.07, 6.45) is -2.96. The molecule has 3 rings (SSSR count). The number of benzene rings is 1. The van der Waals surface area contributed by atoms with Crippen LogP contribution < -0.4 is 10.6 Å². The van der Waals surface area contributed by atoms with E-state index in [0.29, 0.717) is 19.4 Å². The Morgan fingerprint density at radius 1 is 1.24 bits per heavy atom. The van der Waals surface area contributed by atoms with Crippen LogP contribution in [0.2, 0.25) is 0 Å². The zero-order valence-corrected chi connectivity index (χ0v) is 13.3. The average Bonchev–Trinajstić information content (AvgIpc) is 3.31. The van der Waals surface area contributed by atoms with Crippen LogP contribution in [-0.2, 0) is 22.6 Å². The highest BCUT2D eigenvalue weighted by Crippen LogP contribution is 2.34. The summed E-state index contributed by atoms with van der Waals surface area (Å²) in [6.45, 7) is 1.43. The van der Waals surface area contributed by atoms with E-state index in [0.717, 1.165) is 13.0 Å². The summed E-state index contributed by atoms with van der Waals surface area (Å²) in [6, 6.07) is 8.62. The molecule has 1 amide bonds. The predicted octanol–water partition coefficient (Wildman–Crippen LogP) is 0.975. The number of halogens is 3. The van der Waals surface area contributed by atoms with Crippen molar-refractivity contribution in [2.75, 3.05) is 6.54 Å². The van der Waals surface area contributed by atoms with Gasteiger partial charge < -0.3 is 20.8 Å². The van der Waals surface area contributed by atoms with E-state index in [2.05, 4.69) is 22.8 Å². The summed E-state index contributed by atoms with van der Waals surface area (Å²) < 4.78 is 31.7. The summed E-state index contributed by atoms with van der Waals surface area (Å²) in [5, 5.41) is 23.0. The highest BCUT2D eigenvalue weighted by Gasteiger charge is 2.48. The van der Waals surface area contributed by atoms with Crippen molar-refractivity contribution in [2.45, 2.75) is 43.6 Å². The van der Waals surface area contributed by atoms with Gasteiger partial charge in [0.1, 0.15) is 5.60 Å². The van der Waals surface area contributed by atoms with Gasteiger partial charge in [-0.1, -0.05) is 24.3 Å². The molecule has 25 heavy (non-hydrogen) atoms. The van der Waals surface area contributed by atoms with Crippen molar-refractivity contribution >= 4 is 11.9 Å². The Morgan fingerprint density at radius 3 is 2.32 bits per heavy atom. The van der Waals surface area contributed by atoms with Gasteiger partial charge >= 0.3 is 12.1 Å². The molecule has 0 saturated heterocycles. The molecule has 138 valence electrons. The number of carboxylic acids is 1. The van der Waals surface area contributed by atoms with E-state index < -0.39 is 17.7 Å². The normalized spacial score (nSPS) is 20.6. The molecule has 1 fully saturated rings. The number of nitrogens with one attached hydrogen (secondary N) is 2. The first kappa shape index (κ1) is 19.2. The third-order valence-corrected chi connectivity index (χ3v) is 4.06. The fourth-order valence-corrected chi connectivity index (χ4v) is 2.39. The topological polar surface area (TPSA) is 98.7 Å². The van der Waals surface area contributed by atoms with Crippen molar-refractivity contribution in [3.63, 3.8) is 0 Å². The van der Waals surface area contributed by atoms with Gasteiger partial charge in [-0.25, -0.2) is 4.79 Å². The summed E-state index contributed by atoms with van der Waals surface area (Å²) in [7, 11) is 0. The molecule has 1 aliphatic heterocycles. The Kier molecular flexibility index (Phi) is 5.69. The lowest BCUT2D eigenvalue weighted by molar-refractivity contribution is -0.192. The maximum Gasteiger partial charge on any atom is 0.490 e. The van der Waals surface area contributed by atoms with Crippen LogP contribution in [0.5, 0.6) is 0 Å². The first-order valence-electron chi connectivity index (χ1n) is 7.73. The Balaban J connectivity index is 0.000000277. The maximum absolute atomic E-state index is 11.6. The van der Waals surface area contributed by atoms with Crippen LogP contribution in [0.4, 0.5) is 13.2 Å². The number of hydrogen-bond donors (Lipinski definition) is 4. The Morgan fingerprint density at radius 2 is 1.80 bits per heavy atom. The minimum Gasteiger partial charge on any atom is -0.475 e. The van der Waals surface area contributed by atoms with Gasteiger partial charge in [-0.2, -0.15) is 13.2 Å². The number of alkyl halides is 3. The minimum absolute atomic E-state index is 0.219. The highest BCUT2D eigenvalue weighted by molar-refractivity contribution is 5.87. The predicted molar refractivity (Wildman–Crippen MR) is 81.7 cm³/mol. The third kappa shape index (κ3) is 5.43. The number of fused-ring (bicyclic) bond motifs is 1. The van der Waals surface area contributed by atoms with Gasteiger partial charge in [0.2, 0.25) is 0 Å². The average molecular weight is 360 g/mol. The molecule has 1 aromatic rings. The molecule has 0 unspecified atom stereocenters. The van der Waals surface area contributed by atoms with Crippen molar-refractivity contribution in [1.29, 1.82) is 0 Å². The number of aliphatic hydroxyl groups is 1. The Hall–Kier alpha value is -2.13. The highest BCUT2D eigenvalue weighted by atomic mass is 19.4. The molecule has 9 heteroatoms. The largest absolute Gasteiger partial charge is 0.490 e. The van der Waals surface area contributed by atoms with Crippen molar-refractivity contribution in [3.8, 4) is 0 Å². The smallest absolute Gasteiger partial charge is 0.475 e. The number of amides is 1. The number of carboxylic acid groups (broad SMARTS) is 1. The molecule has 1 heterocycles. The summed E-state index contributed by atoms with van der Waals surface area (Å²) >= 11 is 0. The first-order valence-corrected chi connectivity index (χ1v) is 7.73. The van der Waals surface area contributed by atoms with Gasteiger partial charge in [-0.3, -0.25) is 4.79 Å². The summed E-state index contributed by atoms with van der Waals surface area (Å²) in [4.78, 5) is 20.5. The quantitative estimate of drug-likeness (QED) is 0.644. The first-order chi connectivity index (χ1) is 11.6. The molecule has 1 aliphatic carbocycles. The van der Waals surface area contributed by atoms with Crippen LogP contribution in [0.1, 0.15) is 24.0 Å². The summed E-state index contributed by atoms with van der Waals surface area (Å²) in [5.74, 6) is -2.98. The fourth-order valence-electron chi connectivity index (χ4n) is 2.39. The lowest BCUT2D eigenvalue weighted by atomic mass is 9.96. The van der Waals surface area contributed by atoms with E-state index in [-0.39, 0.29) is 11.9 Å². The van der Waals surface area contributed by atoms with Crippen molar-refractivity contribution in [3.05, 3.63) is 35.4 Å². The van der Waals surface area contributed by atoms with E-state index in [9.17, 15) is 23.1 Å². The summed E-state index contributed by atoms with van der Waals surface area (Å²) in [5.41, 5.74) is 1.62. The van der Waals surface area contributed by atoms with Crippen LogP contribution >= 0.6 is 0 Å². The van der Waals surface area contributed by atoms with Crippen LogP contribution in [0.15, 0.2) is 24.3 Å². The number of carbonyl (C=O) groups excluding carboxylic acids is 1. The second-order valence-corrected chi connectivity index (χ2v) is 6.10. The molecule has 0 aromatic heterocycles. The number of carbonyl (C=O) groups is 2. The van der Waals surface area contributed by atoms with Gasteiger partial charge in [-0.15, -0.1) is 0 Å². The third-order valence-electron chi connectivity index (χ3n) is 4.06. The van der Waals surface area contributed by atoms with Crippen LogP contribution in [0, 0.1) is 0 Å². The van der Waals surface area contributed by atoms with E-state index in [1.807, 2.05) is 12.1 Å². The minimum atomic E-state index is -5.08. The SMILES string of the molecule is O=C(NC[C@@H]1Cc2ccccc2CN1)C1(O)CC1.O=C(O)C(F)(F)F. The Bertz CT molecular complexity index is 645. The molecule has 1 aromatic carbocycles. The molecular formula is C16H19F3N2O4. The number of hydrogen-bond acceptors (Lipinski definition) is 4. The molecule has 1 atom stereocenters. The number of aliphatic carboxylic acids is 1. The van der Waals surface area contributed by atoms with Crippen LogP contribution in [0.25, 0.3) is 0 Å². The van der Waals surface area contributed by atoms with E-state index >= 15 is 0 Å². The van der Waals surface area contributed by atoms with Gasteiger partial charge in [0, 0.05) is 19.1 Å².